The van der Waals surface area contributed by atoms with Gasteiger partial charge in [0.05, 0.1) is 0 Å². The van der Waals surface area contributed by atoms with Crippen LogP contribution in [0.15, 0.2) is 30.3 Å². The van der Waals surface area contributed by atoms with Gasteiger partial charge in [0, 0.05) is 26.3 Å². The minimum Gasteiger partial charge on any atom is -0.352 e. The second-order valence-electron chi connectivity index (χ2n) is 3.46. The van der Waals surface area contributed by atoms with E-state index < -0.39 is 0 Å². The second kappa shape index (κ2) is 10.5. The number of halogens is 1. The molecule has 0 fully saturated rings. The first kappa shape index (κ1) is 16.4. The third-order valence-electron chi connectivity index (χ3n) is 2.19. The summed E-state index contributed by atoms with van der Waals surface area (Å²) < 4.78 is 10.9. The Morgan fingerprint density at radius 2 is 1.65 bits per heavy atom. The monoisotopic (exact) mass is 259 g/mol. The van der Waals surface area contributed by atoms with Crippen LogP contribution in [0.1, 0.15) is 19.4 Å². The zero-order chi connectivity index (χ0) is 11.6. The van der Waals surface area contributed by atoms with Crippen molar-refractivity contribution in [3.05, 3.63) is 35.9 Å². The maximum absolute atomic E-state index is 5.44. The minimum absolute atomic E-state index is 0. The summed E-state index contributed by atoms with van der Waals surface area (Å²) in [6.07, 6.45) is -0.140. The SMILES string of the molecule is CCOC(CNCc1ccccc1)OCC.Cl. The minimum atomic E-state index is -0.140. The first-order valence-electron chi connectivity index (χ1n) is 5.84. The molecule has 1 aromatic carbocycles. The van der Waals surface area contributed by atoms with Crippen molar-refractivity contribution in [2.75, 3.05) is 19.8 Å². The Morgan fingerprint density at radius 1 is 1.06 bits per heavy atom. The molecule has 0 unspecified atom stereocenters. The Morgan fingerprint density at radius 3 is 2.18 bits per heavy atom. The lowest BCUT2D eigenvalue weighted by atomic mass is 10.2. The highest BCUT2D eigenvalue weighted by molar-refractivity contribution is 5.85. The summed E-state index contributed by atoms with van der Waals surface area (Å²) in [4.78, 5) is 0. The molecule has 98 valence electrons. The number of ether oxygens (including phenoxy) is 2. The van der Waals surface area contributed by atoms with Crippen LogP contribution in [0.3, 0.4) is 0 Å². The van der Waals surface area contributed by atoms with E-state index in [1.165, 1.54) is 5.56 Å². The molecular formula is C13H22ClNO2. The molecule has 1 rings (SSSR count). The largest absolute Gasteiger partial charge is 0.352 e. The highest BCUT2D eigenvalue weighted by atomic mass is 35.5. The van der Waals surface area contributed by atoms with E-state index in [4.69, 9.17) is 9.47 Å². The Bertz CT molecular complexity index is 263. The smallest absolute Gasteiger partial charge is 0.169 e. The van der Waals surface area contributed by atoms with Crippen LogP contribution in [0.4, 0.5) is 0 Å². The van der Waals surface area contributed by atoms with Crippen molar-refractivity contribution < 1.29 is 9.47 Å². The average molecular weight is 260 g/mol. The lowest BCUT2D eigenvalue weighted by molar-refractivity contribution is -0.133. The zero-order valence-electron chi connectivity index (χ0n) is 10.5. The quantitative estimate of drug-likeness (QED) is 0.728. The zero-order valence-corrected chi connectivity index (χ0v) is 11.3. The summed E-state index contributed by atoms with van der Waals surface area (Å²) >= 11 is 0. The van der Waals surface area contributed by atoms with Crippen LogP contribution in [-0.2, 0) is 16.0 Å². The van der Waals surface area contributed by atoms with Crippen LogP contribution < -0.4 is 5.32 Å². The number of nitrogens with one attached hydrogen (secondary N) is 1. The van der Waals surface area contributed by atoms with Crippen LogP contribution in [0.2, 0.25) is 0 Å². The summed E-state index contributed by atoms with van der Waals surface area (Å²) in [5.41, 5.74) is 1.27. The van der Waals surface area contributed by atoms with Crippen molar-refractivity contribution in [3.8, 4) is 0 Å². The van der Waals surface area contributed by atoms with E-state index in [0.717, 1.165) is 13.1 Å². The fourth-order valence-electron chi connectivity index (χ4n) is 1.47. The third kappa shape index (κ3) is 7.34. The van der Waals surface area contributed by atoms with Crippen molar-refractivity contribution in [3.63, 3.8) is 0 Å². The van der Waals surface area contributed by atoms with Crippen molar-refractivity contribution in [2.24, 2.45) is 0 Å². The van der Waals surface area contributed by atoms with Gasteiger partial charge in [0.1, 0.15) is 0 Å². The van der Waals surface area contributed by atoms with E-state index in [2.05, 4.69) is 17.4 Å². The topological polar surface area (TPSA) is 30.5 Å². The molecule has 0 amide bonds. The van der Waals surface area contributed by atoms with E-state index in [1.807, 2.05) is 32.0 Å². The molecule has 0 aliphatic carbocycles. The van der Waals surface area contributed by atoms with Gasteiger partial charge in [-0.25, -0.2) is 0 Å². The molecular weight excluding hydrogens is 238 g/mol. The van der Waals surface area contributed by atoms with E-state index in [1.54, 1.807) is 0 Å². The first-order valence-corrected chi connectivity index (χ1v) is 5.84. The van der Waals surface area contributed by atoms with Gasteiger partial charge in [-0.05, 0) is 19.4 Å². The summed E-state index contributed by atoms with van der Waals surface area (Å²) in [5.74, 6) is 0. The van der Waals surface area contributed by atoms with Crippen LogP contribution >= 0.6 is 12.4 Å². The highest BCUT2D eigenvalue weighted by Gasteiger charge is 2.06. The van der Waals surface area contributed by atoms with Gasteiger partial charge in [-0.2, -0.15) is 0 Å². The fourth-order valence-corrected chi connectivity index (χ4v) is 1.47. The normalized spacial score (nSPS) is 10.3. The van der Waals surface area contributed by atoms with Gasteiger partial charge in [0.15, 0.2) is 6.29 Å². The number of hydrogen-bond acceptors (Lipinski definition) is 3. The van der Waals surface area contributed by atoms with E-state index in [9.17, 15) is 0 Å². The Labute approximate surface area is 110 Å². The van der Waals surface area contributed by atoms with E-state index in [0.29, 0.717) is 13.2 Å². The van der Waals surface area contributed by atoms with Crippen LogP contribution in [0.5, 0.6) is 0 Å². The van der Waals surface area contributed by atoms with Crippen molar-refractivity contribution in [1.29, 1.82) is 0 Å². The standard InChI is InChI=1S/C13H21NO2.ClH/c1-3-15-13(16-4-2)11-14-10-12-8-6-5-7-9-12;/h5-9,13-14H,3-4,10-11H2,1-2H3;1H. The van der Waals surface area contributed by atoms with Gasteiger partial charge < -0.3 is 14.8 Å². The summed E-state index contributed by atoms with van der Waals surface area (Å²) in [5, 5.41) is 3.32. The molecule has 0 radical (unpaired) electrons. The maximum Gasteiger partial charge on any atom is 0.169 e. The third-order valence-corrected chi connectivity index (χ3v) is 2.19. The highest BCUT2D eigenvalue weighted by Crippen LogP contribution is 1.98. The van der Waals surface area contributed by atoms with Crippen LogP contribution in [0.25, 0.3) is 0 Å². The molecule has 0 spiro atoms. The molecule has 3 nitrogen and oxygen atoms in total. The van der Waals surface area contributed by atoms with E-state index >= 15 is 0 Å². The van der Waals surface area contributed by atoms with Gasteiger partial charge in [-0.15, -0.1) is 12.4 Å². The summed E-state index contributed by atoms with van der Waals surface area (Å²) in [7, 11) is 0. The van der Waals surface area contributed by atoms with Crippen molar-refractivity contribution >= 4 is 12.4 Å². The predicted molar refractivity (Wildman–Crippen MR) is 72.4 cm³/mol. The summed E-state index contributed by atoms with van der Waals surface area (Å²) in [6.45, 7) is 6.87. The average Bonchev–Trinajstić information content (AvgIpc) is 2.31. The number of rotatable bonds is 8. The van der Waals surface area contributed by atoms with Crippen molar-refractivity contribution in [1.82, 2.24) is 5.32 Å². The second-order valence-corrected chi connectivity index (χ2v) is 3.46. The molecule has 0 heterocycles. The molecule has 0 saturated carbocycles. The molecule has 0 atom stereocenters. The maximum atomic E-state index is 5.44. The molecule has 1 aromatic rings. The molecule has 0 aliphatic heterocycles. The Hall–Kier alpha value is -0.610. The molecule has 0 aliphatic rings. The Balaban J connectivity index is 0.00000256. The lowest BCUT2D eigenvalue weighted by Crippen LogP contribution is -2.31. The summed E-state index contributed by atoms with van der Waals surface area (Å²) in [6, 6.07) is 10.3. The van der Waals surface area contributed by atoms with Gasteiger partial charge >= 0.3 is 0 Å². The van der Waals surface area contributed by atoms with Gasteiger partial charge in [-0.1, -0.05) is 30.3 Å². The molecule has 0 saturated heterocycles. The number of hydrogen-bond donors (Lipinski definition) is 1. The predicted octanol–water partition coefficient (Wildman–Crippen LogP) is 2.60. The lowest BCUT2D eigenvalue weighted by Gasteiger charge is -2.17. The Kier molecular flexibility index (Phi) is 10.2. The molecule has 1 N–H and O–H groups in total. The molecule has 0 bridgehead atoms. The molecule has 4 heteroatoms. The van der Waals surface area contributed by atoms with Gasteiger partial charge in [0.25, 0.3) is 0 Å². The van der Waals surface area contributed by atoms with Crippen molar-refractivity contribution in [2.45, 2.75) is 26.7 Å². The van der Waals surface area contributed by atoms with E-state index in [-0.39, 0.29) is 18.7 Å². The fraction of sp³-hybridized carbons (Fsp3) is 0.538. The van der Waals surface area contributed by atoms with Gasteiger partial charge in [-0.3, -0.25) is 0 Å². The van der Waals surface area contributed by atoms with Crippen LogP contribution in [-0.4, -0.2) is 26.0 Å². The molecule has 17 heavy (non-hydrogen) atoms. The first-order chi connectivity index (χ1) is 7.86. The number of benzene rings is 1. The van der Waals surface area contributed by atoms with Gasteiger partial charge in [0.2, 0.25) is 0 Å². The van der Waals surface area contributed by atoms with Crippen LogP contribution in [0, 0.1) is 0 Å². The molecule has 0 aromatic heterocycles.